The SMILES string of the molecule is CNC[C@@H](O)c1c(F)ccc(OCc2ccccc2)c1F. The highest BCUT2D eigenvalue weighted by atomic mass is 19.1. The topological polar surface area (TPSA) is 41.5 Å². The molecule has 2 aromatic carbocycles. The molecule has 0 saturated heterocycles. The lowest BCUT2D eigenvalue weighted by Gasteiger charge is -2.15. The van der Waals surface area contributed by atoms with Gasteiger partial charge in [-0.2, -0.15) is 0 Å². The fourth-order valence-corrected chi connectivity index (χ4v) is 2.00. The van der Waals surface area contributed by atoms with Crippen LogP contribution in [0.5, 0.6) is 5.75 Å². The first-order valence-electron chi connectivity index (χ1n) is 6.60. The van der Waals surface area contributed by atoms with Crippen LogP contribution in [-0.2, 0) is 6.61 Å². The standard InChI is InChI=1S/C16H17F2NO2/c1-19-9-13(20)15-12(17)7-8-14(16(15)18)21-10-11-5-3-2-4-6-11/h2-8,13,19-20H,9-10H2,1H3/t13-/m1/s1. The molecular formula is C16H17F2NO2. The molecule has 0 bridgehead atoms. The van der Waals surface area contributed by atoms with E-state index < -0.39 is 17.7 Å². The molecule has 0 amide bonds. The Morgan fingerprint density at radius 3 is 2.52 bits per heavy atom. The molecule has 5 heteroatoms. The number of likely N-dealkylation sites (N-methyl/N-ethyl adjacent to an activating group) is 1. The van der Waals surface area contributed by atoms with Gasteiger partial charge in [0.15, 0.2) is 11.6 Å². The highest BCUT2D eigenvalue weighted by Gasteiger charge is 2.21. The van der Waals surface area contributed by atoms with E-state index in [2.05, 4.69) is 5.32 Å². The molecule has 3 nitrogen and oxygen atoms in total. The normalized spacial score (nSPS) is 12.2. The fourth-order valence-electron chi connectivity index (χ4n) is 2.00. The summed E-state index contributed by atoms with van der Waals surface area (Å²) in [5.41, 5.74) is 0.494. The van der Waals surface area contributed by atoms with Crippen LogP contribution >= 0.6 is 0 Å². The van der Waals surface area contributed by atoms with Crippen LogP contribution in [0.3, 0.4) is 0 Å². The minimum absolute atomic E-state index is 0.0516. The van der Waals surface area contributed by atoms with Crippen molar-refractivity contribution < 1.29 is 18.6 Å². The number of aliphatic hydroxyl groups is 1. The van der Waals surface area contributed by atoms with E-state index in [1.807, 2.05) is 30.3 Å². The zero-order chi connectivity index (χ0) is 15.2. The summed E-state index contributed by atoms with van der Waals surface area (Å²) >= 11 is 0. The zero-order valence-corrected chi connectivity index (χ0v) is 11.6. The lowest BCUT2D eigenvalue weighted by Crippen LogP contribution is -2.19. The molecule has 0 aliphatic rings. The summed E-state index contributed by atoms with van der Waals surface area (Å²) in [5, 5.41) is 12.5. The number of hydrogen-bond acceptors (Lipinski definition) is 3. The lowest BCUT2D eigenvalue weighted by atomic mass is 10.1. The van der Waals surface area contributed by atoms with E-state index in [1.54, 1.807) is 7.05 Å². The molecule has 0 aliphatic heterocycles. The average Bonchev–Trinajstić information content (AvgIpc) is 2.48. The molecule has 2 aromatic rings. The van der Waals surface area contributed by atoms with Crippen LogP contribution < -0.4 is 10.1 Å². The molecule has 0 heterocycles. The van der Waals surface area contributed by atoms with E-state index in [0.29, 0.717) is 0 Å². The Bertz CT molecular complexity index is 590. The first kappa shape index (κ1) is 15.4. The van der Waals surface area contributed by atoms with Gasteiger partial charge in [-0.15, -0.1) is 0 Å². The number of nitrogens with one attached hydrogen (secondary N) is 1. The Balaban J connectivity index is 2.19. The maximum Gasteiger partial charge on any atom is 0.173 e. The summed E-state index contributed by atoms with van der Waals surface area (Å²) in [5.74, 6) is -1.73. The maximum absolute atomic E-state index is 14.3. The van der Waals surface area contributed by atoms with Gasteiger partial charge < -0.3 is 15.2 Å². The lowest BCUT2D eigenvalue weighted by molar-refractivity contribution is 0.165. The van der Waals surface area contributed by atoms with Gasteiger partial charge in [0.1, 0.15) is 12.4 Å². The number of ether oxygens (including phenoxy) is 1. The molecule has 0 aromatic heterocycles. The molecule has 1 atom stereocenters. The molecule has 0 aliphatic carbocycles. The van der Waals surface area contributed by atoms with Crippen LogP contribution in [-0.4, -0.2) is 18.7 Å². The number of halogens is 2. The number of benzene rings is 2. The molecule has 2 N–H and O–H groups in total. The Morgan fingerprint density at radius 1 is 1.14 bits per heavy atom. The fraction of sp³-hybridized carbons (Fsp3) is 0.250. The van der Waals surface area contributed by atoms with Gasteiger partial charge in [0.05, 0.1) is 11.7 Å². The summed E-state index contributed by atoms with van der Waals surface area (Å²) in [6.07, 6.45) is -1.27. The monoisotopic (exact) mass is 293 g/mol. The van der Waals surface area contributed by atoms with Crippen LogP contribution in [0.1, 0.15) is 17.2 Å². The highest BCUT2D eigenvalue weighted by molar-refractivity contribution is 5.34. The van der Waals surface area contributed by atoms with Crippen LogP contribution in [0.25, 0.3) is 0 Å². The van der Waals surface area contributed by atoms with Gasteiger partial charge in [0.2, 0.25) is 0 Å². The minimum Gasteiger partial charge on any atom is -0.486 e. The molecule has 2 rings (SSSR count). The van der Waals surface area contributed by atoms with E-state index in [0.717, 1.165) is 11.6 Å². The zero-order valence-electron chi connectivity index (χ0n) is 11.6. The van der Waals surface area contributed by atoms with Crippen molar-refractivity contribution in [2.75, 3.05) is 13.6 Å². The summed E-state index contributed by atoms with van der Waals surface area (Å²) < 4.78 is 33.3. The van der Waals surface area contributed by atoms with E-state index >= 15 is 0 Å². The second-order valence-electron chi connectivity index (χ2n) is 4.62. The Kier molecular flexibility index (Phi) is 5.25. The van der Waals surface area contributed by atoms with Crippen molar-refractivity contribution in [3.05, 3.63) is 65.2 Å². The van der Waals surface area contributed by atoms with E-state index in [4.69, 9.17) is 4.74 Å². The predicted octanol–water partition coefficient (Wildman–Crippen LogP) is 2.80. The van der Waals surface area contributed by atoms with Crippen LogP contribution in [0.15, 0.2) is 42.5 Å². The largest absolute Gasteiger partial charge is 0.486 e. The van der Waals surface area contributed by atoms with Crippen molar-refractivity contribution in [2.45, 2.75) is 12.7 Å². The Morgan fingerprint density at radius 2 is 1.86 bits per heavy atom. The van der Waals surface area contributed by atoms with Gasteiger partial charge in [-0.25, -0.2) is 8.78 Å². The minimum atomic E-state index is -1.27. The molecule has 0 fully saturated rings. The van der Waals surface area contributed by atoms with Crippen LogP contribution in [0, 0.1) is 11.6 Å². The molecule has 0 spiro atoms. The van der Waals surface area contributed by atoms with Crippen LogP contribution in [0.2, 0.25) is 0 Å². The summed E-state index contributed by atoms with van der Waals surface area (Å²) in [7, 11) is 1.59. The van der Waals surface area contributed by atoms with Gasteiger partial charge in [-0.1, -0.05) is 30.3 Å². The van der Waals surface area contributed by atoms with E-state index in [1.165, 1.54) is 6.07 Å². The second kappa shape index (κ2) is 7.15. The van der Waals surface area contributed by atoms with Gasteiger partial charge in [-0.05, 0) is 24.7 Å². The Hall–Kier alpha value is -1.98. The van der Waals surface area contributed by atoms with E-state index in [-0.39, 0.29) is 24.5 Å². The summed E-state index contributed by atoms with van der Waals surface area (Å²) in [4.78, 5) is 0. The van der Waals surface area contributed by atoms with Gasteiger partial charge in [-0.3, -0.25) is 0 Å². The second-order valence-corrected chi connectivity index (χ2v) is 4.62. The van der Waals surface area contributed by atoms with Crippen molar-refractivity contribution in [2.24, 2.45) is 0 Å². The van der Waals surface area contributed by atoms with Crippen molar-refractivity contribution in [1.29, 1.82) is 0 Å². The molecule has 0 radical (unpaired) electrons. The number of aliphatic hydroxyl groups excluding tert-OH is 1. The van der Waals surface area contributed by atoms with Gasteiger partial charge >= 0.3 is 0 Å². The van der Waals surface area contributed by atoms with Crippen molar-refractivity contribution >= 4 is 0 Å². The molecule has 112 valence electrons. The van der Waals surface area contributed by atoms with E-state index in [9.17, 15) is 13.9 Å². The smallest absolute Gasteiger partial charge is 0.173 e. The third-order valence-electron chi connectivity index (χ3n) is 3.06. The van der Waals surface area contributed by atoms with Crippen LogP contribution in [0.4, 0.5) is 8.78 Å². The predicted molar refractivity (Wildman–Crippen MR) is 76.0 cm³/mol. The van der Waals surface area contributed by atoms with Gasteiger partial charge in [0.25, 0.3) is 0 Å². The average molecular weight is 293 g/mol. The first-order chi connectivity index (χ1) is 10.1. The summed E-state index contributed by atoms with van der Waals surface area (Å²) in [6.45, 7) is 0.223. The third kappa shape index (κ3) is 3.77. The molecule has 0 unspecified atom stereocenters. The maximum atomic E-state index is 14.3. The van der Waals surface area contributed by atoms with Gasteiger partial charge in [0, 0.05) is 6.54 Å². The van der Waals surface area contributed by atoms with Crippen molar-refractivity contribution in [1.82, 2.24) is 5.32 Å². The Labute approximate surface area is 122 Å². The van der Waals surface area contributed by atoms with Crippen molar-refractivity contribution in [3.8, 4) is 5.75 Å². The highest BCUT2D eigenvalue weighted by Crippen LogP contribution is 2.28. The number of rotatable bonds is 6. The summed E-state index contributed by atoms with van der Waals surface area (Å²) in [6, 6.07) is 11.6. The molecule has 0 saturated carbocycles. The quantitative estimate of drug-likeness (QED) is 0.860. The molecular weight excluding hydrogens is 276 g/mol. The first-order valence-corrected chi connectivity index (χ1v) is 6.60. The molecule has 21 heavy (non-hydrogen) atoms. The third-order valence-corrected chi connectivity index (χ3v) is 3.06. The number of hydrogen-bond donors (Lipinski definition) is 2. The van der Waals surface area contributed by atoms with Crippen molar-refractivity contribution in [3.63, 3.8) is 0 Å².